The first kappa shape index (κ1) is 80.4. The number of anilines is 9. The Labute approximate surface area is 781 Å². The van der Waals surface area contributed by atoms with Gasteiger partial charge in [-0.05, 0) is 227 Å². The summed E-state index contributed by atoms with van der Waals surface area (Å²) in [5.74, 6) is 0. The maximum Gasteiger partial charge on any atom is 0.0540 e. The highest BCUT2D eigenvalue weighted by Crippen LogP contribution is 2.57. The van der Waals surface area contributed by atoms with E-state index in [1.807, 2.05) is 72.5 Å². The first-order valence-electron chi connectivity index (χ1n) is 44.5. The molecule has 0 aliphatic carbocycles. The molecule has 3 aliphatic heterocycles. The summed E-state index contributed by atoms with van der Waals surface area (Å²) < 4.78 is 0. The van der Waals surface area contributed by atoms with Gasteiger partial charge in [0, 0.05) is 133 Å². The van der Waals surface area contributed by atoms with Crippen LogP contribution in [-0.4, -0.2) is 15.0 Å². The molecule has 0 radical (unpaired) electrons. The van der Waals surface area contributed by atoms with Gasteiger partial charge in [-0.3, -0.25) is 15.0 Å². The zero-order chi connectivity index (χ0) is 87.6. The van der Waals surface area contributed by atoms with Gasteiger partial charge in [0.15, 0.2) is 0 Å². The fourth-order valence-electron chi connectivity index (χ4n) is 19.1. The molecule has 6 nitrogen and oxygen atoms in total. The summed E-state index contributed by atoms with van der Waals surface area (Å²) in [4.78, 5) is 28.3. The number of hydrogen-bond acceptors (Lipinski definition) is 9. The SMILES string of the molecule is c1ccc(-c2ccc(N(c3ccc(-c4ccccc4)cc3)c3ccc4c5c(cccc35)-c3ccccc3Sc3ccncc3-4)cc2)cc1.c1ccc(-c2ccc(N(c3ccccc3-c3ccccc3)c3ccc4c5c(cccc35)-c3ccccc3Sc3ccncc3-4)cc2)cc1.c1ccc(N(c2ccccc2)c2ccc3c4c(cccc24)-c2ccccc2Sc2ccncc2-3)cc1. The van der Waals surface area contributed by atoms with Crippen molar-refractivity contribution in [3.05, 3.63) is 498 Å². The van der Waals surface area contributed by atoms with Gasteiger partial charge in [-0.25, -0.2) is 0 Å². The number of fused-ring (bicyclic) bond motifs is 12. The second-order valence-corrected chi connectivity index (χ2v) is 36.0. The van der Waals surface area contributed by atoms with Crippen molar-refractivity contribution in [3.8, 4) is 111 Å². The van der Waals surface area contributed by atoms with Gasteiger partial charge >= 0.3 is 0 Å². The third kappa shape index (κ3) is 15.3. The predicted octanol–water partition coefficient (Wildman–Crippen LogP) is 35.2. The summed E-state index contributed by atoms with van der Waals surface area (Å²) in [7, 11) is 0. The molecule has 0 saturated heterocycles. The van der Waals surface area contributed by atoms with Crippen LogP contribution in [0.1, 0.15) is 0 Å². The number of pyridine rings is 3. The summed E-state index contributed by atoms with van der Waals surface area (Å²) in [6.45, 7) is 0. The second kappa shape index (κ2) is 35.8. The van der Waals surface area contributed by atoms with E-state index >= 15 is 0 Å². The lowest BCUT2D eigenvalue weighted by atomic mass is 9.90. The third-order valence-electron chi connectivity index (χ3n) is 25.1. The van der Waals surface area contributed by atoms with Crippen LogP contribution >= 0.6 is 35.3 Å². The summed E-state index contributed by atoms with van der Waals surface area (Å²) in [5.41, 5.74) is 34.3. The van der Waals surface area contributed by atoms with Gasteiger partial charge in [0.2, 0.25) is 0 Å². The normalized spacial score (nSPS) is 11.7. The number of para-hydroxylation sites is 3. The molecule has 0 spiro atoms. The highest BCUT2D eigenvalue weighted by atomic mass is 32.2. The van der Waals surface area contributed by atoms with E-state index in [2.05, 4.69) is 491 Å². The largest absolute Gasteiger partial charge is 0.310 e. The average Bonchev–Trinajstić information content (AvgIpc) is 0.733. The Kier molecular flexibility index (Phi) is 21.8. The van der Waals surface area contributed by atoms with E-state index in [-0.39, 0.29) is 0 Å². The number of nitrogens with zero attached hydrogens (tertiary/aromatic N) is 6. The van der Waals surface area contributed by atoms with Crippen LogP contribution in [-0.2, 0) is 0 Å². The van der Waals surface area contributed by atoms with E-state index < -0.39 is 0 Å². The minimum atomic E-state index is 1.10. The van der Waals surface area contributed by atoms with E-state index in [0.717, 1.165) is 62.3 Å². The zero-order valence-electron chi connectivity index (χ0n) is 71.8. The quantitative estimate of drug-likeness (QED) is 0.112. The number of hydrogen-bond donors (Lipinski definition) is 0. The molecule has 3 aliphatic rings. The lowest BCUT2D eigenvalue weighted by Crippen LogP contribution is -2.12. The van der Waals surface area contributed by atoms with E-state index in [9.17, 15) is 0 Å². The molecule has 0 atom stereocenters. The van der Waals surface area contributed by atoms with Crippen molar-refractivity contribution in [1.29, 1.82) is 0 Å². The van der Waals surface area contributed by atoms with E-state index in [1.165, 1.54) is 162 Å². The number of rotatable bonds is 13. The van der Waals surface area contributed by atoms with E-state index in [1.54, 1.807) is 0 Å². The van der Waals surface area contributed by atoms with Crippen LogP contribution in [0.5, 0.6) is 0 Å². The van der Waals surface area contributed by atoms with Gasteiger partial charge in [0.05, 0.1) is 22.7 Å². The van der Waals surface area contributed by atoms with Crippen LogP contribution in [0.4, 0.5) is 51.2 Å². The summed E-state index contributed by atoms with van der Waals surface area (Å²) >= 11 is 5.45. The van der Waals surface area contributed by atoms with Gasteiger partial charge < -0.3 is 14.7 Å². The van der Waals surface area contributed by atoms with Crippen LogP contribution in [0.3, 0.4) is 0 Å². The van der Waals surface area contributed by atoms with Crippen molar-refractivity contribution in [1.82, 2.24) is 15.0 Å². The molecule has 6 heterocycles. The Balaban J connectivity index is 0.000000114. The van der Waals surface area contributed by atoms with Crippen molar-refractivity contribution < 1.29 is 0 Å². The molecule has 0 N–H and O–H groups in total. The van der Waals surface area contributed by atoms with Gasteiger partial charge in [-0.15, -0.1) is 0 Å². The Morgan fingerprint density at radius 2 is 0.386 bits per heavy atom. The molecule has 19 aromatic carbocycles. The molecule has 132 heavy (non-hydrogen) atoms. The molecule has 0 unspecified atom stereocenters. The maximum atomic E-state index is 4.59. The predicted molar refractivity (Wildman–Crippen MR) is 556 cm³/mol. The van der Waals surface area contributed by atoms with Crippen molar-refractivity contribution in [2.24, 2.45) is 0 Å². The molecule has 9 heteroatoms. The van der Waals surface area contributed by atoms with Gasteiger partial charge in [0.1, 0.15) is 0 Å². The molecule has 0 saturated carbocycles. The first-order valence-corrected chi connectivity index (χ1v) is 46.9. The van der Waals surface area contributed by atoms with Crippen molar-refractivity contribution >= 4 is 119 Å². The summed E-state index contributed by atoms with van der Waals surface area (Å²) in [6, 6.07) is 166. The van der Waals surface area contributed by atoms with Crippen LogP contribution in [0.25, 0.3) is 144 Å². The molecular formula is C123H82N6S3. The van der Waals surface area contributed by atoms with E-state index in [0.29, 0.717) is 0 Å². The standard InChI is InChI=1S/2C45H30N2S.C33H22N2S/c1-3-12-31(13-4-1)32-22-24-34(25-23-32)47(41-20-9-7-16-35(41)33-14-5-2-6-15-33)42-27-26-38-40-30-46-29-28-44(40)48-43-21-10-8-17-36(43)37-18-11-19-39(42)45(37)38;1-3-10-31(11-4-1)33-18-22-35(23-19-33)47(36-24-20-34(21-25-36)32-12-5-2-6-13-32)42-27-26-39-41-30-46-29-28-44(41)48-43-17-8-7-14-37(43)38-15-9-16-40(42)45(38)39;1-3-10-23(11-4-1)35(24-12-5-2-6-13-24)30-19-18-27-29-22-34-21-20-32(29)36-31-17-8-7-14-25(31)26-15-9-16-28(30)33(26)27/h2*1-30H;1-22H. The molecule has 3 aromatic heterocycles. The molecule has 22 aromatic rings. The van der Waals surface area contributed by atoms with Crippen LogP contribution < -0.4 is 14.7 Å². The number of benzene rings is 19. The van der Waals surface area contributed by atoms with Crippen molar-refractivity contribution in [2.45, 2.75) is 29.4 Å². The highest BCUT2D eigenvalue weighted by molar-refractivity contribution is 8.00. The highest BCUT2D eigenvalue weighted by Gasteiger charge is 2.30. The first-order chi connectivity index (χ1) is 65.5. The Hall–Kier alpha value is -16.1. The Bertz CT molecular complexity index is 7750. The van der Waals surface area contributed by atoms with Gasteiger partial charge in [0.25, 0.3) is 0 Å². The molecular weight excluding hydrogens is 1660 g/mol. The Morgan fingerprint density at radius 3 is 0.727 bits per heavy atom. The van der Waals surface area contributed by atoms with E-state index in [4.69, 9.17) is 0 Å². The van der Waals surface area contributed by atoms with Crippen LogP contribution in [0.2, 0.25) is 0 Å². The lowest BCUT2D eigenvalue weighted by Gasteiger charge is -2.30. The van der Waals surface area contributed by atoms with Crippen molar-refractivity contribution in [2.75, 3.05) is 14.7 Å². The second-order valence-electron chi connectivity index (χ2n) is 32.8. The smallest absolute Gasteiger partial charge is 0.0540 e. The molecule has 0 fully saturated rings. The molecule has 622 valence electrons. The fourth-order valence-corrected chi connectivity index (χ4v) is 22.3. The van der Waals surface area contributed by atoms with Crippen LogP contribution in [0.15, 0.2) is 528 Å². The minimum absolute atomic E-state index is 1.10. The molecule has 0 amide bonds. The van der Waals surface area contributed by atoms with Gasteiger partial charge in [-0.1, -0.05) is 375 Å². The lowest BCUT2D eigenvalue weighted by molar-refractivity contribution is 1.26. The van der Waals surface area contributed by atoms with Crippen molar-refractivity contribution in [3.63, 3.8) is 0 Å². The summed E-state index contributed by atoms with van der Waals surface area (Å²) in [5, 5.41) is 7.34. The Morgan fingerprint density at radius 1 is 0.144 bits per heavy atom. The fraction of sp³-hybridized carbons (Fsp3) is 0. The van der Waals surface area contributed by atoms with Gasteiger partial charge in [-0.2, -0.15) is 0 Å². The zero-order valence-corrected chi connectivity index (χ0v) is 74.2. The monoisotopic (exact) mass is 1740 g/mol. The van der Waals surface area contributed by atoms with Crippen LogP contribution in [0, 0.1) is 0 Å². The minimum Gasteiger partial charge on any atom is -0.310 e. The maximum absolute atomic E-state index is 4.59. The third-order valence-corrected chi connectivity index (χ3v) is 28.6. The topological polar surface area (TPSA) is 48.4 Å². The molecule has 0 bridgehead atoms. The summed E-state index contributed by atoms with van der Waals surface area (Å²) in [6.07, 6.45) is 11.7. The average molecular weight is 1740 g/mol. The number of aromatic nitrogens is 3. The molecule has 25 rings (SSSR count).